The summed E-state index contributed by atoms with van der Waals surface area (Å²) < 4.78 is 0. The van der Waals surface area contributed by atoms with Gasteiger partial charge in [0.15, 0.2) is 0 Å². The Morgan fingerprint density at radius 1 is 1.10 bits per heavy atom. The molecule has 0 aromatic rings. The molecule has 0 bridgehead atoms. The van der Waals surface area contributed by atoms with E-state index in [9.17, 15) is 19.5 Å². The highest BCUT2D eigenvalue weighted by molar-refractivity contribution is 5.88. The predicted molar refractivity (Wildman–Crippen MR) is 75.8 cm³/mol. The van der Waals surface area contributed by atoms with Crippen LogP contribution in [0.4, 0.5) is 4.79 Å². The zero-order chi connectivity index (χ0) is 15.4. The van der Waals surface area contributed by atoms with Crippen LogP contribution in [-0.4, -0.2) is 64.5 Å². The van der Waals surface area contributed by atoms with E-state index >= 15 is 0 Å². The zero-order valence-corrected chi connectivity index (χ0v) is 12.4. The van der Waals surface area contributed by atoms with Crippen molar-refractivity contribution in [2.75, 3.05) is 19.6 Å². The van der Waals surface area contributed by atoms with Crippen LogP contribution < -0.4 is 5.32 Å². The maximum atomic E-state index is 12.2. The zero-order valence-electron chi connectivity index (χ0n) is 12.4. The molecule has 7 nitrogen and oxygen atoms in total. The van der Waals surface area contributed by atoms with Gasteiger partial charge in [0, 0.05) is 19.6 Å². The molecular weight excluding hydrogens is 274 g/mol. The molecule has 118 valence electrons. The van der Waals surface area contributed by atoms with Gasteiger partial charge >= 0.3 is 12.0 Å². The minimum atomic E-state index is -0.983. The lowest BCUT2D eigenvalue weighted by atomic mass is 10.0. The number of urea groups is 1. The first-order valence-corrected chi connectivity index (χ1v) is 7.59. The molecule has 2 heterocycles. The molecule has 2 aliphatic rings. The number of hydrogen-bond donors (Lipinski definition) is 2. The maximum absolute atomic E-state index is 12.2. The summed E-state index contributed by atoms with van der Waals surface area (Å²) in [5.41, 5.74) is 0. The van der Waals surface area contributed by atoms with Crippen LogP contribution in [0.2, 0.25) is 0 Å². The lowest BCUT2D eigenvalue weighted by Gasteiger charge is -2.34. The monoisotopic (exact) mass is 297 g/mol. The third-order valence-electron chi connectivity index (χ3n) is 4.18. The minimum absolute atomic E-state index is 0.0928. The van der Waals surface area contributed by atoms with Gasteiger partial charge in [-0.05, 0) is 39.0 Å². The van der Waals surface area contributed by atoms with E-state index in [0.717, 1.165) is 38.8 Å². The first-order chi connectivity index (χ1) is 10.0. The molecule has 0 aromatic heterocycles. The molecule has 2 rings (SSSR count). The van der Waals surface area contributed by atoms with Crippen molar-refractivity contribution < 1.29 is 19.5 Å². The van der Waals surface area contributed by atoms with Gasteiger partial charge < -0.3 is 20.2 Å². The van der Waals surface area contributed by atoms with E-state index in [1.807, 2.05) is 0 Å². The maximum Gasteiger partial charge on any atom is 0.326 e. The Balaban J connectivity index is 1.92. The largest absolute Gasteiger partial charge is 0.480 e. The summed E-state index contributed by atoms with van der Waals surface area (Å²) in [5.74, 6) is -1.08. The van der Waals surface area contributed by atoms with Crippen molar-refractivity contribution in [2.45, 2.75) is 51.1 Å². The normalized spacial score (nSPS) is 23.8. The Morgan fingerprint density at radius 3 is 2.33 bits per heavy atom. The molecule has 0 aromatic carbocycles. The molecule has 2 aliphatic heterocycles. The Labute approximate surface area is 124 Å². The lowest BCUT2D eigenvalue weighted by molar-refractivity contribution is -0.143. The van der Waals surface area contributed by atoms with Crippen LogP contribution in [-0.2, 0) is 9.59 Å². The van der Waals surface area contributed by atoms with Gasteiger partial charge in [-0.2, -0.15) is 0 Å². The molecule has 0 spiro atoms. The number of piperidine rings is 1. The molecule has 21 heavy (non-hydrogen) atoms. The molecular formula is C14H23N3O4. The Kier molecular flexibility index (Phi) is 5.03. The lowest BCUT2D eigenvalue weighted by Crippen LogP contribution is -2.56. The van der Waals surface area contributed by atoms with Crippen molar-refractivity contribution in [1.29, 1.82) is 0 Å². The summed E-state index contributed by atoms with van der Waals surface area (Å²) in [4.78, 5) is 38.7. The van der Waals surface area contributed by atoms with E-state index in [1.54, 1.807) is 11.8 Å². The summed E-state index contributed by atoms with van der Waals surface area (Å²) >= 11 is 0. The van der Waals surface area contributed by atoms with Crippen molar-refractivity contribution in [3.63, 3.8) is 0 Å². The van der Waals surface area contributed by atoms with Gasteiger partial charge in [-0.15, -0.1) is 0 Å². The van der Waals surface area contributed by atoms with E-state index in [-0.39, 0.29) is 5.91 Å². The number of aliphatic carboxylic acids is 1. The molecule has 2 N–H and O–H groups in total. The van der Waals surface area contributed by atoms with Crippen LogP contribution in [0.15, 0.2) is 0 Å². The summed E-state index contributed by atoms with van der Waals surface area (Å²) in [6.07, 6.45) is 4.07. The number of nitrogens with one attached hydrogen (secondary N) is 1. The SMILES string of the molecule is CC(NC(=O)N1CCCCC1C(=O)O)C(=O)N1CCCC1. The van der Waals surface area contributed by atoms with Gasteiger partial charge in [-0.1, -0.05) is 0 Å². The van der Waals surface area contributed by atoms with E-state index in [4.69, 9.17) is 0 Å². The second kappa shape index (κ2) is 6.78. The van der Waals surface area contributed by atoms with E-state index in [1.165, 1.54) is 4.90 Å². The third kappa shape index (κ3) is 3.65. The minimum Gasteiger partial charge on any atom is -0.480 e. The van der Waals surface area contributed by atoms with Crippen LogP contribution in [0.25, 0.3) is 0 Å². The van der Waals surface area contributed by atoms with Crippen molar-refractivity contribution >= 4 is 17.9 Å². The Bertz CT molecular complexity index is 420. The first kappa shape index (κ1) is 15.6. The number of amides is 3. The molecule has 3 amide bonds. The summed E-state index contributed by atoms with van der Waals surface area (Å²) in [6.45, 7) is 3.55. The second-order valence-corrected chi connectivity index (χ2v) is 5.75. The Morgan fingerprint density at radius 2 is 1.71 bits per heavy atom. The number of carboxylic acids is 1. The quantitative estimate of drug-likeness (QED) is 0.800. The standard InChI is InChI=1S/C14H23N3O4/c1-10(12(18)16-7-4-5-8-16)15-14(21)17-9-3-2-6-11(17)13(19)20/h10-11H,2-9H2,1H3,(H,15,21)(H,19,20). The molecule has 0 radical (unpaired) electrons. The van der Waals surface area contributed by atoms with E-state index in [0.29, 0.717) is 13.0 Å². The van der Waals surface area contributed by atoms with Crippen LogP contribution in [0, 0.1) is 0 Å². The second-order valence-electron chi connectivity index (χ2n) is 5.75. The van der Waals surface area contributed by atoms with Crippen molar-refractivity contribution in [2.24, 2.45) is 0 Å². The predicted octanol–water partition coefficient (Wildman–Crippen LogP) is 0.646. The van der Waals surface area contributed by atoms with E-state index < -0.39 is 24.1 Å². The van der Waals surface area contributed by atoms with Crippen LogP contribution in [0.1, 0.15) is 39.0 Å². The van der Waals surface area contributed by atoms with Crippen molar-refractivity contribution in [1.82, 2.24) is 15.1 Å². The fourth-order valence-corrected chi connectivity index (χ4v) is 2.97. The number of hydrogen-bond acceptors (Lipinski definition) is 3. The van der Waals surface area contributed by atoms with Gasteiger partial charge in [0.05, 0.1) is 0 Å². The highest BCUT2D eigenvalue weighted by Gasteiger charge is 2.33. The third-order valence-corrected chi connectivity index (χ3v) is 4.18. The number of carboxylic acid groups (broad SMARTS) is 1. The topological polar surface area (TPSA) is 90.0 Å². The molecule has 2 fully saturated rings. The van der Waals surface area contributed by atoms with E-state index in [2.05, 4.69) is 5.32 Å². The van der Waals surface area contributed by atoms with Crippen LogP contribution in [0.5, 0.6) is 0 Å². The number of nitrogens with zero attached hydrogens (tertiary/aromatic N) is 2. The number of carbonyl (C=O) groups is 3. The Hall–Kier alpha value is -1.79. The fourth-order valence-electron chi connectivity index (χ4n) is 2.97. The number of carbonyl (C=O) groups excluding carboxylic acids is 2. The summed E-state index contributed by atoms with van der Waals surface area (Å²) in [5, 5.41) is 11.8. The molecule has 7 heteroatoms. The first-order valence-electron chi connectivity index (χ1n) is 7.59. The molecule has 2 atom stereocenters. The highest BCUT2D eigenvalue weighted by Crippen LogP contribution is 2.17. The van der Waals surface area contributed by atoms with Crippen molar-refractivity contribution in [3.8, 4) is 0 Å². The summed E-state index contributed by atoms with van der Waals surface area (Å²) in [7, 11) is 0. The van der Waals surface area contributed by atoms with Gasteiger partial charge in [-0.3, -0.25) is 4.79 Å². The average Bonchev–Trinajstić information content (AvgIpc) is 3.00. The molecule has 0 saturated carbocycles. The average molecular weight is 297 g/mol. The smallest absolute Gasteiger partial charge is 0.326 e. The number of rotatable bonds is 3. The fraction of sp³-hybridized carbons (Fsp3) is 0.786. The van der Waals surface area contributed by atoms with Gasteiger partial charge in [0.2, 0.25) is 5.91 Å². The van der Waals surface area contributed by atoms with Crippen LogP contribution >= 0.6 is 0 Å². The molecule has 2 unspecified atom stereocenters. The van der Waals surface area contributed by atoms with Gasteiger partial charge in [0.1, 0.15) is 12.1 Å². The molecule has 0 aliphatic carbocycles. The summed E-state index contributed by atoms with van der Waals surface area (Å²) in [6, 6.07) is -1.86. The van der Waals surface area contributed by atoms with Crippen molar-refractivity contribution in [3.05, 3.63) is 0 Å². The van der Waals surface area contributed by atoms with Gasteiger partial charge in [0.25, 0.3) is 0 Å². The van der Waals surface area contributed by atoms with Crippen LogP contribution in [0.3, 0.4) is 0 Å². The highest BCUT2D eigenvalue weighted by atomic mass is 16.4. The number of likely N-dealkylation sites (tertiary alicyclic amines) is 2. The molecule has 2 saturated heterocycles. The van der Waals surface area contributed by atoms with Gasteiger partial charge in [-0.25, -0.2) is 9.59 Å².